The van der Waals surface area contributed by atoms with Crippen molar-refractivity contribution in [3.05, 3.63) is 11.1 Å². The van der Waals surface area contributed by atoms with Gasteiger partial charge in [-0.3, -0.25) is 9.69 Å². The van der Waals surface area contributed by atoms with Crippen LogP contribution < -0.4 is 5.32 Å². The molecule has 5 nitrogen and oxygen atoms in total. The molecule has 146 valence electrons. The van der Waals surface area contributed by atoms with Gasteiger partial charge in [-0.25, -0.2) is 4.79 Å². The van der Waals surface area contributed by atoms with E-state index in [4.69, 9.17) is 4.74 Å². The lowest BCUT2D eigenvalue weighted by molar-refractivity contribution is -0.149. The van der Waals surface area contributed by atoms with Crippen molar-refractivity contribution in [2.45, 2.75) is 96.2 Å². The summed E-state index contributed by atoms with van der Waals surface area (Å²) in [5.74, 6) is -0.414. The smallest absolute Gasteiger partial charge is 0.335 e. The zero-order chi connectivity index (χ0) is 18.7. The number of ether oxygens (including phenoxy) is 1. The van der Waals surface area contributed by atoms with E-state index in [9.17, 15) is 9.59 Å². The Hall–Kier alpha value is -1.36. The summed E-state index contributed by atoms with van der Waals surface area (Å²) in [5, 5.41) is 3.06. The topological polar surface area (TPSA) is 58.6 Å². The average Bonchev–Trinajstić information content (AvgIpc) is 2.84. The highest BCUT2D eigenvalue weighted by atomic mass is 16.6. The Kier molecular flexibility index (Phi) is 6.06. The molecule has 3 aliphatic rings. The zero-order valence-corrected chi connectivity index (χ0v) is 16.6. The number of piperidine rings is 1. The van der Waals surface area contributed by atoms with Crippen LogP contribution >= 0.6 is 0 Å². The summed E-state index contributed by atoms with van der Waals surface area (Å²) in [4.78, 5) is 27.5. The number of carbonyl (C=O) groups excluding carboxylic acids is 2. The Morgan fingerprint density at radius 3 is 2.46 bits per heavy atom. The van der Waals surface area contributed by atoms with Gasteiger partial charge in [0.05, 0.1) is 5.57 Å². The monoisotopic (exact) mass is 362 g/mol. The molecule has 2 heterocycles. The standard InChI is InChI=1S/C21H34N2O3/c1-15-9-7-10-16(2)23(15)14-8-13-22-19(24)18-17(3)20(25)26-21(18)11-5-4-6-12-21/h15-16H,4-14H2,1-3H3,(H,22,24). The third-order valence-corrected chi connectivity index (χ3v) is 6.57. The number of esters is 1. The molecule has 0 aromatic rings. The largest absolute Gasteiger partial charge is 0.451 e. The fourth-order valence-corrected chi connectivity index (χ4v) is 5.07. The second-order valence-corrected chi connectivity index (χ2v) is 8.42. The summed E-state index contributed by atoms with van der Waals surface area (Å²) in [6.07, 6.45) is 9.54. The molecular weight excluding hydrogens is 328 g/mol. The molecule has 2 fully saturated rings. The molecule has 0 radical (unpaired) electrons. The van der Waals surface area contributed by atoms with Crippen LogP contribution in [0.1, 0.15) is 78.6 Å². The van der Waals surface area contributed by atoms with Crippen LogP contribution in [0.25, 0.3) is 0 Å². The fraction of sp³-hybridized carbons (Fsp3) is 0.810. The molecule has 0 aromatic carbocycles. The summed E-state index contributed by atoms with van der Waals surface area (Å²) in [7, 11) is 0. The third kappa shape index (κ3) is 3.83. The Labute approximate surface area is 157 Å². The number of hydrogen-bond acceptors (Lipinski definition) is 4. The van der Waals surface area contributed by atoms with Crippen LogP contribution in [0.3, 0.4) is 0 Å². The van der Waals surface area contributed by atoms with Crippen molar-refractivity contribution in [1.82, 2.24) is 10.2 Å². The van der Waals surface area contributed by atoms with Crippen molar-refractivity contribution in [3.8, 4) is 0 Å². The van der Waals surface area contributed by atoms with E-state index in [1.807, 2.05) is 0 Å². The van der Waals surface area contributed by atoms with Gasteiger partial charge >= 0.3 is 5.97 Å². The van der Waals surface area contributed by atoms with Crippen LogP contribution in [0.5, 0.6) is 0 Å². The minimum absolute atomic E-state index is 0.102. The number of amides is 1. The van der Waals surface area contributed by atoms with Crippen LogP contribution in [0.4, 0.5) is 0 Å². The van der Waals surface area contributed by atoms with E-state index in [0.29, 0.717) is 29.8 Å². The second-order valence-electron chi connectivity index (χ2n) is 8.42. The van der Waals surface area contributed by atoms with E-state index in [-0.39, 0.29) is 11.9 Å². The van der Waals surface area contributed by atoms with Gasteiger partial charge in [0.15, 0.2) is 0 Å². The van der Waals surface area contributed by atoms with Gasteiger partial charge in [-0.2, -0.15) is 0 Å². The lowest BCUT2D eigenvalue weighted by atomic mass is 9.78. The van der Waals surface area contributed by atoms with E-state index in [0.717, 1.165) is 45.1 Å². The molecule has 1 saturated heterocycles. The van der Waals surface area contributed by atoms with Crippen molar-refractivity contribution < 1.29 is 14.3 Å². The highest BCUT2D eigenvalue weighted by molar-refractivity contribution is 6.07. The van der Waals surface area contributed by atoms with Gasteiger partial charge in [0, 0.05) is 30.7 Å². The van der Waals surface area contributed by atoms with E-state index in [2.05, 4.69) is 24.1 Å². The molecule has 3 rings (SSSR count). The number of rotatable bonds is 5. The highest BCUT2D eigenvalue weighted by Gasteiger charge is 2.49. The fourth-order valence-electron chi connectivity index (χ4n) is 5.07. The number of nitrogens with one attached hydrogen (secondary N) is 1. The molecule has 2 unspecified atom stereocenters. The highest BCUT2D eigenvalue weighted by Crippen LogP contribution is 2.43. The maximum Gasteiger partial charge on any atom is 0.335 e. The van der Waals surface area contributed by atoms with E-state index >= 15 is 0 Å². The van der Waals surface area contributed by atoms with Crippen LogP contribution in [0.2, 0.25) is 0 Å². The number of nitrogens with zero attached hydrogens (tertiary/aromatic N) is 1. The van der Waals surface area contributed by atoms with Gasteiger partial charge in [-0.15, -0.1) is 0 Å². The minimum atomic E-state index is -0.653. The Balaban J connectivity index is 1.54. The van der Waals surface area contributed by atoms with E-state index in [1.54, 1.807) is 6.92 Å². The Morgan fingerprint density at radius 2 is 1.81 bits per heavy atom. The molecule has 2 atom stereocenters. The van der Waals surface area contributed by atoms with Crippen molar-refractivity contribution in [2.24, 2.45) is 0 Å². The lowest BCUT2D eigenvalue weighted by Crippen LogP contribution is -2.45. The molecule has 5 heteroatoms. The molecule has 1 spiro atoms. The van der Waals surface area contributed by atoms with Crippen molar-refractivity contribution in [2.75, 3.05) is 13.1 Å². The van der Waals surface area contributed by atoms with Gasteiger partial charge in [-0.05, 0) is 65.7 Å². The maximum absolute atomic E-state index is 12.8. The maximum atomic E-state index is 12.8. The summed E-state index contributed by atoms with van der Waals surface area (Å²) < 4.78 is 5.68. The SMILES string of the molecule is CC1=C(C(=O)NCCCN2C(C)CCCC2C)C2(CCCCC2)OC1=O. The number of hydrogen-bond donors (Lipinski definition) is 1. The van der Waals surface area contributed by atoms with Crippen molar-refractivity contribution in [3.63, 3.8) is 0 Å². The first-order valence-electron chi connectivity index (χ1n) is 10.4. The number of likely N-dealkylation sites (tertiary alicyclic amines) is 1. The summed E-state index contributed by atoms with van der Waals surface area (Å²) in [5.41, 5.74) is 0.448. The van der Waals surface area contributed by atoms with Gasteiger partial charge in [0.1, 0.15) is 5.60 Å². The third-order valence-electron chi connectivity index (χ3n) is 6.57. The molecule has 1 saturated carbocycles. The van der Waals surface area contributed by atoms with Crippen LogP contribution in [0.15, 0.2) is 11.1 Å². The first-order chi connectivity index (χ1) is 12.4. The Bertz CT molecular complexity index is 568. The lowest BCUT2D eigenvalue weighted by Gasteiger charge is -2.39. The molecule has 1 amide bonds. The molecular formula is C21H34N2O3. The van der Waals surface area contributed by atoms with Crippen LogP contribution in [0, 0.1) is 0 Å². The van der Waals surface area contributed by atoms with Gasteiger partial charge in [0.25, 0.3) is 5.91 Å². The zero-order valence-electron chi connectivity index (χ0n) is 16.6. The molecule has 26 heavy (non-hydrogen) atoms. The summed E-state index contributed by atoms with van der Waals surface area (Å²) in [6, 6.07) is 1.26. The van der Waals surface area contributed by atoms with Gasteiger partial charge in [0.2, 0.25) is 0 Å². The van der Waals surface area contributed by atoms with Crippen LogP contribution in [-0.2, 0) is 14.3 Å². The predicted octanol–water partition coefficient (Wildman–Crippen LogP) is 3.33. The molecule has 0 bridgehead atoms. The normalized spacial score (nSPS) is 29.1. The first kappa shape index (κ1) is 19.4. The second kappa shape index (κ2) is 8.12. The van der Waals surface area contributed by atoms with E-state index < -0.39 is 5.60 Å². The molecule has 1 N–H and O–H groups in total. The van der Waals surface area contributed by atoms with Gasteiger partial charge < -0.3 is 10.1 Å². The predicted molar refractivity (Wildman–Crippen MR) is 102 cm³/mol. The average molecular weight is 363 g/mol. The minimum Gasteiger partial charge on any atom is -0.451 e. The Morgan fingerprint density at radius 1 is 1.15 bits per heavy atom. The van der Waals surface area contributed by atoms with Crippen molar-refractivity contribution in [1.29, 1.82) is 0 Å². The molecule has 0 aromatic heterocycles. The van der Waals surface area contributed by atoms with Crippen LogP contribution in [-0.4, -0.2) is 47.6 Å². The molecule has 2 aliphatic heterocycles. The van der Waals surface area contributed by atoms with Gasteiger partial charge in [-0.1, -0.05) is 12.8 Å². The first-order valence-corrected chi connectivity index (χ1v) is 10.4. The number of carbonyl (C=O) groups is 2. The van der Waals surface area contributed by atoms with E-state index in [1.165, 1.54) is 19.3 Å². The molecule has 1 aliphatic carbocycles. The quantitative estimate of drug-likeness (QED) is 0.602. The summed E-state index contributed by atoms with van der Waals surface area (Å²) in [6.45, 7) is 8.00. The van der Waals surface area contributed by atoms with Crippen molar-refractivity contribution >= 4 is 11.9 Å². The summed E-state index contributed by atoms with van der Waals surface area (Å²) >= 11 is 0.